The van der Waals surface area contributed by atoms with E-state index in [0.29, 0.717) is 35.9 Å². The van der Waals surface area contributed by atoms with Crippen LogP contribution < -0.4 is 11.1 Å². The Morgan fingerprint density at radius 1 is 1.44 bits per heavy atom. The van der Waals surface area contributed by atoms with Crippen molar-refractivity contribution in [3.8, 4) is 6.07 Å². The average molecular weight is 338 g/mol. The molecule has 2 heterocycles. The molecule has 0 aliphatic carbocycles. The number of aliphatic hydroxyl groups excluding tert-OH is 1. The van der Waals surface area contributed by atoms with Crippen molar-refractivity contribution < 1.29 is 9.90 Å². The summed E-state index contributed by atoms with van der Waals surface area (Å²) in [5.41, 5.74) is 7.36. The minimum Gasteiger partial charge on any atom is -0.396 e. The van der Waals surface area contributed by atoms with Crippen LogP contribution in [0, 0.1) is 17.2 Å². The van der Waals surface area contributed by atoms with Crippen LogP contribution >= 0.6 is 0 Å². The Morgan fingerprint density at radius 2 is 2.16 bits per heavy atom. The van der Waals surface area contributed by atoms with E-state index in [2.05, 4.69) is 28.0 Å². The van der Waals surface area contributed by atoms with Gasteiger partial charge in [-0.3, -0.25) is 4.79 Å². The van der Waals surface area contributed by atoms with E-state index in [1.807, 2.05) is 0 Å². The van der Waals surface area contributed by atoms with Gasteiger partial charge >= 0.3 is 0 Å². The Hall–Kier alpha value is -3.18. The lowest BCUT2D eigenvalue weighted by molar-refractivity contribution is -0.121. The molecular weight excluding hydrogens is 320 g/mol. The largest absolute Gasteiger partial charge is 0.396 e. The Labute approximate surface area is 144 Å². The maximum Gasteiger partial charge on any atom is 0.229 e. The van der Waals surface area contributed by atoms with E-state index in [1.165, 1.54) is 0 Å². The number of fused-ring (bicyclic) bond motifs is 1. The van der Waals surface area contributed by atoms with Crippen LogP contribution in [0.5, 0.6) is 0 Å². The fourth-order valence-corrected chi connectivity index (χ4v) is 2.96. The number of hydrogen-bond donors (Lipinski definition) is 3. The molecule has 2 atom stereocenters. The summed E-state index contributed by atoms with van der Waals surface area (Å²) in [5.74, 6) is -0.185. The van der Waals surface area contributed by atoms with Crippen molar-refractivity contribution in [3.63, 3.8) is 0 Å². The summed E-state index contributed by atoms with van der Waals surface area (Å²) in [5, 5.41) is 25.4. The Morgan fingerprint density at radius 3 is 2.76 bits per heavy atom. The van der Waals surface area contributed by atoms with E-state index in [1.54, 1.807) is 28.9 Å². The van der Waals surface area contributed by atoms with Crippen molar-refractivity contribution in [2.75, 3.05) is 11.9 Å². The maximum atomic E-state index is 12.0. The molecule has 1 aromatic carbocycles. The number of nitriles is 1. The van der Waals surface area contributed by atoms with E-state index in [-0.39, 0.29) is 6.61 Å². The summed E-state index contributed by atoms with van der Waals surface area (Å²) >= 11 is 0. The summed E-state index contributed by atoms with van der Waals surface area (Å²) in [6.07, 6.45) is 1.07. The first kappa shape index (κ1) is 16.7. The Kier molecular flexibility index (Phi) is 4.50. The number of aryl methyl sites for hydroxylation is 1. The van der Waals surface area contributed by atoms with Crippen LogP contribution in [0.4, 0.5) is 5.95 Å². The van der Waals surface area contributed by atoms with Gasteiger partial charge in [-0.05, 0) is 24.1 Å². The second kappa shape index (κ2) is 6.75. The van der Waals surface area contributed by atoms with Gasteiger partial charge in [0.1, 0.15) is 5.92 Å². The molecule has 0 saturated heterocycles. The number of aliphatic hydroxyl groups is 1. The molecule has 128 valence electrons. The van der Waals surface area contributed by atoms with E-state index in [0.717, 1.165) is 5.56 Å². The van der Waals surface area contributed by atoms with Crippen LogP contribution in [0.3, 0.4) is 0 Å². The van der Waals surface area contributed by atoms with Gasteiger partial charge in [-0.1, -0.05) is 18.7 Å². The molecule has 1 aliphatic heterocycles. The standard InChI is InChI=1S/C17H18N6O2/c1-10-14(16(19)25)15(12-6-4-11(9-18)5-7-12)23-17(20-10)21-13(22-23)3-2-8-24/h4-7,14-15,24H,1-3,8H2,(H2,19,25)(H,20,21,22)/t14-,15+/m0/s1. The molecule has 0 unspecified atom stereocenters. The first-order valence-electron chi connectivity index (χ1n) is 7.86. The number of nitrogens with zero attached hydrogens (tertiary/aromatic N) is 4. The number of rotatable bonds is 5. The minimum absolute atomic E-state index is 0.0486. The fraction of sp³-hybridized carbons (Fsp3) is 0.294. The molecule has 25 heavy (non-hydrogen) atoms. The van der Waals surface area contributed by atoms with Gasteiger partial charge in [-0.2, -0.15) is 15.3 Å². The first-order chi connectivity index (χ1) is 12.0. The molecule has 1 aromatic heterocycles. The molecule has 1 amide bonds. The molecule has 4 N–H and O–H groups in total. The second-order valence-electron chi connectivity index (χ2n) is 5.83. The molecule has 8 heteroatoms. The van der Waals surface area contributed by atoms with Crippen molar-refractivity contribution >= 4 is 11.9 Å². The van der Waals surface area contributed by atoms with Crippen LogP contribution in [0.1, 0.15) is 29.4 Å². The van der Waals surface area contributed by atoms with Crippen molar-refractivity contribution in [1.29, 1.82) is 5.26 Å². The molecule has 0 fully saturated rings. The van der Waals surface area contributed by atoms with Crippen molar-refractivity contribution in [3.05, 3.63) is 53.5 Å². The Balaban J connectivity index is 2.07. The lowest BCUT2D eigenvalue weighted by atomic mass is 9.88. The molecule has 0 saturated carbocycles. The van der Waals surface area contributed by atoms with Gasteiger partial charge in [0.05, 0.1) is 17.7 Å². The van der Waals surface area contributed by atoms with Crippen LogP contribution in [0.25, 0.3) is 0 Å². The number of carbonyl (C=O) groups is 1. The highest BCUT2D eigenvalue weighted by Crippen LogP contribution is 2.37. The second-order valence-corrected chi connectivity index (χ2v) is 5.83. The summed E-state index contributed by atoms with van der Waals surface area (Å²) < 4.78 is 1.62. The first-order valence-corrected chi connectivity index (χ1v) is 7.86. The van der Waals surface area contributed by atoms with Crippen LogP contribution in [0.2, 0.25) is 0 Å². The van der Waals surface area contributed by atoms with Crippen molar-refractivity contribution in [1.82, 2.24) is 14.8 Å². The van der Waals surface area contributed by atoms with Crippen LogP contribution in [-0.4, -0.2) is 32.4 Å². The van der Waals surface area contributed by atoms with Gasteiger partial charge in [0.15, 0.2) is 5.82 Å². The number of aromatic nitrogens is 3. The van der Waals surface area contributed by atoms with Crippen LogP contribution in [0.15, 0.2) is 36.5 Å². The quantitative estimate of drug-likeness (QED) is 0.736. The molecule has 0 spiro atoms. The predicted octanol–water partition coefficient (Wildman–Crippen LogP) is 0.705. The van der Waals surface area contributed by atoms with Crippen molar-refractivity contribution in [2.24, 2.45) is 11.7 Å². The number of hydrogen-bond acceptors (Lipinski definition) is 6. The molecular formula is C17H18N6O2. The van der Waals surface area contributed by atoms with Crippen molar-refractivity contribution in [2.45, 2.75) is 18.9 Å². The molecule has 8 nitrogen and oxygen atoms in total. The van der Waals surface area contributed by atoms with Gasteiger partial charge in [0.2, 0.25) is 11.9 Å². The van der Waals surface area contributed by atoms with Crippen LogP contribution in [-0.2, 0) is 11.2 Å². The molecule has 3 rings (SSSR count). The summed E-state index contributed by atoms with van der Waals surface area (Å²) in [6, 6.07) is 8.48. The average Bonchev–Trinajstić information content (AvgIpc) is 3.00. The molecule has 0 bridgehead atoms. The van der Waals surface area contributed by atoms with Gasteiger partial charge in [-0.15, -0.1) is 0 Å². The third-order valence-corrected chi connectivity index (χ3v) is 4.15. The summed E-state index contributed by atoms with van der Waals surface area (Å²) in [7, 11) is 0. The normalized spacial score (nSPS) is 19.0. The molecule has 0 radical (unpaired) electrons. The highest BCUT2D eigenvalue weighted by Gasteiger charge is 2.38. The zero-order valence-electron chi connectivity index (χ0n) is 13.5. The summed E-state index contributed by atoms with van der Waals surface area (Å²) in [4.78, 5) is 16.4. The van der Waals surface area contributed by atoms with E-state index in [9.17, 15) is 4.79 Å². The van der Waals surface area contributed by atoms with E-state index in [4.69, 9.17) is 16.1 Å². The maximum absolute atomic E-state index is 12.0. The third-order valence-electron chi connectivity index (χ3n) is 4.15. The number of nitrogens with one attached hydrogen (secondary N) is 1. The van der Waals surface area contributed by atoms with E-state index >= 15 is 0 Å². The number of nitrogens with two attached hydrogens (primary N) is 1. The SMILES string of the molecule is C=C1Nc2nc(CCCO)nn2[C@H](c2ccc(C#N)cc2)[C@H]1C(N)=O. The topological polar surface area (TPSA) is 130 Å². The van der Waals surface area contributed by atoms with E-state index < -0.39 is 17.9 Å². The zero-order chi connectivity index (χ0) is 18.0. The monoisotopic (exact) mass is 338 g/mol. The molecule has 1 aliphatic rings. The fourth-order valence-electron chi connectivity index (χ4n) is 2.96. The van der Waals surface area contributed by atoms with Gasteiger partial charge < -0.3 is 16.2 Å². The smallest absolute Gasteiger partial charge is 0.229 e. The number of primary amides is 1. The zero-order valence-corrected chi connectivity index (χ0v) is 13.5. The summed E-state index contributed by atoms with van der Waals surface area (Å²) in [6.45, 7) is 3.96. The Bertz CT molecular complexity index is 849. The predicted molar refractivity (Wildman–Crippen MR) is 90.2 cm³/mol. The van der Waals surface area contributed by atoms with Gasteiger partial charge in [0.25, 0.3) is 0 Å². The highest BCUT2D eigenvalue weighted by atomic mass is 16.3. The lowest BCUT2D eigenvalue weighted by Gasteiger charge is -2.32. The molecule has 2 aromatic rings. The van der Waals surface area contributed by atoms with Gasteiger partial charge in [0, 0.05) is 18.7 Å². The highest BCUT2D eigenvalue weighted by molar-refractivity contribution is 5.82. The minimum atomic E-state index is -0.701. The third kappa shape index (κ3) is 3.09. The number of benzene rings is 1. The van der Waals surface area contributed by atoms with Gasteiger partial charge in [-0.25, -0.2) is 4.68 Å². The number of amides is 1. The number of anilines is 1. The lowest BCUT2D eigenvalue weighted by Crippen LogP contribution is -2.40. The number of carbonyl (C=O) groups excluding carboxylic acids is 1.